The van der Waals surface area contributed by atoms with E-state index in [1.165, 1.54) is 4.68 Å². The molecule has 0 aliphatic carbocycles. The van der Waals surface area contributed by atoms with E-state index in [1.54, 1.807) is 6.92 Å². The molecule has 0 unspecified atom stereocenters. The molecule has 130 valence electrons. The van der Waals surface area contributed by atoms with E-state index in [2.05, 4.69) is 20.0 Å². The fraction of sp³-hybridized carbons (Fsp3) is 0.538. The second-order valence-electron chi connectivity index (χ2n) is 5.24. The highest BCUT2D eigenvalue weighted by molar-refractivity contribution is 7.07. The average Bonchev–Trinajstić information content (AvgIpc) is 3.11. The molecule has 0 aromatic carbocycles. The van der Waals surface area contributed by atoms with Crippen molar-refractivity contribution in [3.05, 3.63) is 27.5 Å². The molecule has 3 rings (SSSR count). The molecule has 0 saturated carbocycles. The molecule has 1 amide bonds. The highest BCUT2D eigenvalue weighted by atomic mass is 32.1. The third kappa shape index (κ3) is 3.26. The number of carbonyl (C=O) groups excluding carboxylic acids is 1. The molecular weight excluding hydrogens is 347 g/mol. The number of rotatable bonds is 4. The van der Waals surface area contributed by atoms with Crippen LogP contribution in [0.2, 0.25) is 0 Å². The molecular formula is C13H14F3N5O2S. The lowest BCUT2D eigenvalue weighted by atomic mass is 10.1. The van der Waals surface area contributed by atoms with Crippen LogP contribution in [-0.2, 0) is 30.5 Å². The second-order valence-corrected chi connectivity index (χ2v) is 5.99. The maximum Gasteiger partial charge on any atom is 0.435 e. The lowest BCUT2D eigenvalue weighted by Crippen LogP contribution is -2.28. The number of nitrogens with zero attached hydrogens (tertiary/aromatic N) is 4. The van der Waals surface area contributed by atoms with Gasteiger partial charge in [0.05, 0.1) is 25.5 Å². The number of halogens is 3. The molecule has 0 radical (unpaired) electrons. The number of alkyl halides is 3. The summed E-state index contributed by atoms with van der Waals surface area (Å²) in [5.41, 5.74) is 0.206. The van der Waals surface area contributed by atoms with Gasteiger partial charge in [-0.2, -0.15) is 18.3 Å². The fourth-order valence-corrected chi connectivity index (χ4v) is 3.09. The number of nitrogens with one attached hydrogen (secondary N) is 1. The zero-order valence-electron chi connectivity index (χ0n) is 12.7. The van der Waals surface area contributed by atoms with Crippen LogP contribution in [0.25, 0.3) is 0 Å². The van der Waals surface area contributed by atoms with Gasteiger partial charge in [-0.05, 0) is 18.5 Å². The van der Waals surface area contributed by atoms with Crippen LogP contribution in [0, 0.1) is 6.92 Å². The van der Waals surface area contributed by atoms with E-state index in [0.29, 0.717) is 29.3 Å². The third-order valence-electron chi connectivity index (χ3n) is 3.63. The van der Waals surface area contributed by atoms with Gasteiger partial charge in [-0.15, -0.1) is 5.10 Å². The fourth-order valence-electron chi connectivity index (χ4n) is 2.52. The van der Waals surface area contributed by atoms with Crippen LogP contribution in [0.15, 0.2) is 0 Å². The first-order chi connectivity index (χ1) is 11.4. The minimum atomic E-state index is -4.52. The summed E-state index contributed by atoms with van der Waals surface area (Å²) in [4.78, 5) is 12.4. The Balaban J connectivity index is 1.70. The minimum Gasteiger partial charge on any atom is -0.376 e. The van der Waals surface area contributed by atoms with Crippen molar-refractivity contribution in [2.75, 3.05) is 13.2 Å². The summed E-state index contributed by atoms with van der Waals surface area (Å²) in [5.74, 6) is -0.345. The van der Waals surface area contributed by atoms with Gasteiger partial charge < -0.3 is 10.1 Å². The smallest absolute Gasteiger partial charge is 0.376 e. The molecule has 3 heterocycles. The molecule has 2 aromatic heterocycles. The molecule has 11 heteroatoms. The van der Waals surface area contributed by atoms with E-state index in [0.717, 1.165) is 11.5 Å². The number of aryl methyl sites for hydroxylation is 1. The van der Waals surface area contributed by atoms with Crippen LogP contribution in [0.3, 0.4) is 0 Å². The van der Waals surface area contributed by atoms with Crippen molar-refractivity contribution in [3.8, 4) is 0 Å². The number of fused-ring (bicyclic) bond motifs is 1. The Morgan fingerprint density at radius 2 is 2.25 bits per heavy atom. The number of aromatic nitrogens is 4. The van der Waals surface area contributed by atoms with E-state index in [4.69, 9.17) is 4.74 Å². The molecule has 0 spiro atoms. The number of ether oxygens (including phenoxy) is 1. The lowest BCUT2D eigenvalue weighted by molar-refractivity contribution is -0.142. The summed E-state index contributed by atoms with van der Waals surface area (Å²) in [7, 11) is 0. The van der Waals surface area contributed by atoms with Crippen molar-refractivity contribution in [1.82, 2.24) is 24.7 Å². The molecule has 1 N–H and O–H groups in total. The summed E-state index contributed by atoms with van der Waals surface area (Å²) < 4.78 is 49.3. The molecule has 2 aromatic rings. The van der Waals surface area contributed by atoms with Crippen LogP contribution >= 0.6 is 11.5 Å². The Hall–Kier alpha value is -2.01. The van der Waals surface area contributed by atoms with Gasteiger partial charge in [0.25, 0.3) is 5.91 Å². The second kappa shape index (κ2) is 6.48. The molecule has 24 heavy (non-hydrogen) atoms. The summed E-state index contributed by atoms with van der Waals surface area (Å²) in [6, 6.07) is 0. The van der Waals surface area contributed by atoms with Crippen LogP contribution in [0.4, 0.5) is 13.2 Å². The first-order valence-electron chi connectivity index (χ1n) is 7.18. The SMILES string of the molecule is Cc1nnsc1C(=O)NCCn1nc(C(F)(F)F)c2c1CCOC2. The van der Waals surface area contributed by atoms with Gasteiger partial charge in [0.1, 0.15) is 4.88 Å². The number of hydrogen-bond acceptors (Lipinski definition) is 6. The van der Waals surface area contributed by atoms with Crippen molar-refractivity contribution in [2.45, 2.75) is 32.7 Å². The van der Waals surface area contributed by atoms with Gasteiger partial charge in [-0.25, -0.2) is 0 Å². The number of hydrogen-bond donors (Lipinski definition) is 1. The Labute approximate surface area is 139 Å². The molecule has 7 nitrogen and oxygen atoms in total. The summed E-state index contributed by atoms with van der Waals surface area (Å²) in [6.07, 6.45) is -4.16. The Kier molecular flexibility index (Phi) is 4.54. The van der Waals surface area contributed by atoms with Crippen molar-refractivity contribution in [2.24, 2.45) is 0 Å². The van der Waals surface area contributed by atoms with Gasteiger partial charge in [0.15, 0.2) is 5.69 Å². The van der Waals surface area contributed by atoms with Crippen LogP contribution in [-0.4, -0.2) is 38.4 Å². The summed E-state index contributed by atoms with van der Waals surface area (Å²) in [5, 5.41) is 10.1. The topological polar surface area (TPSA) is 81.9 Å². The van der Waals surface area contributed by atoms with E-state index in [9.17, 15) is 18.0 Å². The van der Waals surface area contributed by atoms with Gasteiger partial charge in [0, 0.05) is 24.2 Å². The quantitative estimate of drug-likeness (QED) is 0.894. The lowest BCUT2D eigenvalue weighted by Gasteiger charge is -2.15. The standard InChI is InChI=1S/C13H14F3N5O2S/c1-7-10(24-20-18-7)12(22)17-3-4-21-9-2-5-23-6-8(9)11(19-21)13(14,15)16/h2-6H2,1H3,(H,17,22). The zero-order chi connectivity index (χ0) is 17.3. The Bertz CT molecular complexity index is 755. The number of carbonyl (C=O) groups is 1. The van der Waals surface area contributed by atoms with Crippen molar-refractivity contribution in [3.63, 3.8) is 0 Å². The van der Waals surface area contributed by atoms with Crippen LogP contribution in [0.5, 0.6) is 0 Å². The van der Waals surface area contributed by atoms with Crippen LogP contribution < -0.4 is 5.32 Å². The monoisotopic (exact) mass is 361 g/mol. The van der Waals surface area contributed by atoms with E-state index < -0.39 is 11.9 Å². The molecule has 1 aliphatic heterocycles. The van der Waals surface area contributed by atoms with E-state index >= 15 is 0 Å². The van der Waals surface area contributed by atoms with Crippen molar-refractivity contribution >= 4 is 17.4 Å². The molecule has 0 bridgehead atoms. The van der Waals surface area contributed by atoms with Crippen molar-refractivity contribution < 1.29 is 22.7 Å². The van der Waals surface area contributed by atoms with Gasteiger partial charge >= 0.3 is 6.18 Å². The molecule has 0 atom stereocenters. The Morgan fingerprint density at radius 3 is 2.92 bits per heavy atom. The summed E-state index contributed by atoms with van der Waals surface area (Å²) >= 11 is 0.973. The maximum atomic E-state index is 13.1. The summed E-state index contributed by atoms with van der Waals surface area (Å²) in [6.45, 7) is 2.23. The molecule has 0 fully saturated rings. The number of amides is 1. The predicted molar refractivity (Wildman–Crippen MR) is 77.6 cm³/mol. The van der Waals surface area contributed by atoms with E-state index in [-0.39, 0.29) is 31.2 Å². The maximum absolute atomic E-state index is 13.1. The average molecular weight is 361 g/mol. The predicted octanol–water partition coefficient (Wildman–Crippen LogP) is 1.56. The normalized spacial score (nSPS) is 14.5. The van der Waals surface area contributed by atoms with E-state index in [1.807, 2.05) is 0 Å². The van der Waals surface area contributed by atoms with Gasteiger partial charge in [-0.3, -0.25) is 9.48 Å². The Morgan fingerprint density at radius 1 is 1.46 bits per heavy atom. The largest absolute Gasteiger partial charge is 0.435 e. The highest BCUT2D eigenvalue weighted by Gasteiger charge is 2.39. The minimum absolute atomic E-state index is 0.0857. The van der Waals surface area contributed by atoms with Gasteiger partial charge in [-0.1, -0.05) is 4.49 Å². The first-order valence-corrected chi connectivity index (χ1v) is 7.96. The van der Waals surface area contributed by atoms with Crippen molar-refractivity contribution in [1.29, 1.82) is 0 Å². The van der Waals surface area contributed by atoms with Gasteiger partial charge in [0.2, 0.25) is 0 Å². The third-order valence-corrected chi connectivity index (χ3v) is 4.46. The zero-order valence-corrected chi connectivity index (χ0v) is 13.5. The van der Waals surface area contributed by atoms with Crippen LogP contribution in [0.1, 0.15) is 32.3 Å². The molecule has 1 aliphatic rings. The first kappa shape index (κ1) is 16.8. The highest BCUT2D eigenvalue weighted by Crippen LogP contribution is 2.34. The molecule has 0 saturated heterocycles.